The molecule has 0 aliphatic heterocycles. The van der Waals surface area contributed by atoms with E-state index in [4.69, 9.17) is 4.74 Å². The van der Waals surface area contributed by atoms with Gasteiger partial charge in [0.05, 0.1) is 5.69 Å². The van der Waals surface area contributed by atoms with Gasteiger partial charge in [-0.15, -0.1) is 0 Å². The molecule has 1 N–H and O–H groups in total. The van der Waals surface area contributed by atoms with Crippen LogP contribution in [0.15, 0.2) is 54.6 Å². The van der Waals surface area contributed by atoms with Gasteiger partial charge in [0.2, 0.25) is 5.91 Å². The molecule has 108 valence electrons. The van der Waals surface area contributed by atoms with Crippen molar-refractivity contribution in [3.05, 3.63) is 54.6 Å². The Morgan fingerprint density at radius 1 is 1.10 bits per heavy atom. The maximum absolute atomic E-state index is 12.2. The second kappa shape index (κ2) is 5.24. The summed E-state index contributed by atoms with van der Waals surface area (Å²) in [6.07, 6.45) is 0.945. The topological polar surface area (TPSA) is 38.3 Å². The number of amides is 1. The van der Waals surface area contributed by atoms with Crippen molar-refractivity contribution in [2.24, 2.45) is 11.3 Å². The number of nitrogens with one attached hydrogen (secondary N) is 1. The van der Waals surface area contributed by atoms with Crippen molar-refractivity contribution in [3.63, 3.8) is 0 Å². The summed E-state index contributed by atoms with van der Waals surface area (Å²) in [6.45, 7) is 4.23. The molecule has 1 aliphatic rings. The average Bonchev–Trinajstić information content (AvgIpc) is 3.11. The van der Waals surface area contributed by atoms with Crippen molar-refractivity contribution in [2.45, 2.75) is 20.3 Å². The quantitative estimate of drug-likeness (QED) is 0.898. The Bertz CT molecular complexity index is 649. The normalized spacial score (nSPS) is 18.9. The third kappa shape index (κ3) is 3.07. The van der Waals surface area contributed by atoms with E-state index in [9.17, 15) is 4.79 Å². The first kappa shape index (κ1) is 13.7. The van der Waals surface area contributed by atoms with Crippen LogP contribution in [-0.2, 0) is 4.79 Å². The van der Waals surface area contributed by atoms with Crippen LogP contribution in [0.5, 0.6) is 11.5 Å². The van der Waals surface area contributed by atoms with Gasteiger partial charge < -0.3 is 10.1 Å². The van der Waals surface area contributed by atoms with Gasteiger partial charge in [-0.3, -0.25) is 4.79 Å². The molecule has 1 fully saturated rings. The fraction of sp³-hybridized carbons (Fsp3) is 0.278. The minimum absolute atomic E-state index is 0.0733. The molecule has 2 aromatic rings. The monoisotopic (exact) mass is 281 g/mol. The fourth-order valence-electron chi connectivity index (χ4n) is 2.41. The Labute approximate surface area is 124 Å². The van der Waals surface area contributed by atoms with Gasteiger partial charge in [0.25, 0.3) is 0 Å². The summed E-state index contributed by atoms with van der Waals surface area (Å²) in [5.74, 6) is 1.59. The molecule has 0 spiro atoms. The molecule has 0 heterocycles. The van der Waals surface area contributed by atoms with Gasteiger partial charge in [0, 0.05) is 5.92 Å². The van der Waals surface area contributed by atoms with E-state index in [0.717, 1.165) is 12.2 Å². The summed E-state index contributed by atoms with van der Waals surface area (Å²) in [5, 5.41) is 2.98. The van der Waals surface area contributed by atoms with E-state index >= 15 is 0 Å². The lowest BCUT2D eigenvalue weighted by Crippen LogP contribution is -2.16. The molecule has 3 rings (SSSR count). The molecule has 1 saturated carbocycles. The van der Waals surface area contributed by atoms with Crippen LogP contribution in [0.4, 0.5) is 5.69 Å². The van der Waals surface area contributed by atoms with Gasteiger partial charge in [-0.05, 0) is 36.1 Å². The lowest BCUT2D eigenvalue weighted by molar-refractivity contribution is -0.118. The Morgan fingerprint density at radius 2 is 1.71 bits per heavy atom. The van der Waals surface area contributed by atoms with Crippen molar-refractivity contribution >= 4 is 11.6 Å². The number of ether oxygens (including phenoxy) is 1. The van der Waals surface area contributed by atoms with E-state index in [1.54, 1.807) is 0 Å². The molecule has 0 aromatic heterocycles. The van der Waals surface area contributed by atoms with Crippen molar-refractivity contribution in [2.75, 3.05) is 5.32 Å². The number of carbonyl (C=O) groups is 1. The summed E-state index contributed by atoms with van der Waals surface area (Å²) in [5.41, 5.74) is 0.841. The summed E-state index contributed by atoms with van der Waals surface area (Å²) < 4.78 is 5.85. The number of para-hydroxylation sites is 3. The maximum atomic E-state index is 12.2. The van der Waals surface area contributed by atoms with E-state index in [2.05, 4.69) is 19.2 Å². The predicted molar refractivity (Wildman–Crippen MR) is 83.5 cm³/mol. The largest absolute Gasteiger partial charge is 0.455 e. The van der Waals surface area contributed by atoms with Gasteiger partial charge in [0.15, 0.2) is 5.75 Å². The van der Waals surface area contributed by atoms with E-state index < -0.39 is 0 Å². The van der Waals surface area contributed by atoms with E-state index in [1.807, 2.05) is 54.6 Å². The molecule has 2 aromatic carbocycles. The molecule has 0 radical (unpaired) electrons. The molecule has 1 atom stereocenters. The van der Waals surface area contributed by atoms with Crippen LogP contribution in [0.3, 0.4) is 0 Å². The smallest absolute Gasteiger partial charge is 0.228 e. The van der Waals surface area contributed by atoms with E-state index in [-0.39, 0.29) is 17.2 Å². The third-order valence-corrected chi connectivity index (χ3v) is 3.95. The van der Waals surface area contributed by atoms with Crippen LogP contribution in [-0.4, -0.2) is 5.91 Å². The van der Waals surface area contributed by atoms with Crippen LogP contribution in [0, 0.1) is 11.3 Å². The van der Waals surface area contributed by atoms with E-state index in [0.29, 0.717) is 11.4 Å². The van der Waals surface area contributed by atoms with Crippen LogP contribution in [0.2, 0.25) is 0 Å². The molecule has 1 unspecified atom stereocenters. The number of hydrogen-bond donors (Lipinski definition) is 1. The minimum Gasteiger partial charge on any atom is -0.455 e. The van der Waals surface area contributed by atoms with Crippen molar-refractivity contribution in [3.8, 4) is 11.5 Å². The van der Waals surface area contributed by atoms with Gasteiger partial charge in [-0.25, -0.2) is 0 Å². The fourth-order valence-corrected chi connectivity index (χ4v) is 2.41. The van der Waals surface area contributed by atoms with Crippen LogP contribution >= 0.6 is 0 Å². The highest BCUT2D eigenvalue weighted by atomic mass is 16.5. The summed E-state index contributed by atoms with van der Waals surface area (Å²) in [7, 11) is 0. The highest BCUT2D eigenvalue weighted by Gasteiger charge is 2.50. The van der Waals surface area contributed by atoms with Crippen LogP contribution < -0.4 is 10.1 Å². The Hall–Kier alpha value is -2.29. The molecule has 0 saturated heterocycles. The second-order valence-electron chi connectivity index (χ2n) is 6.15. The lowest BCUT2D eigenvalue weighted by atomic mass is 10.1. The SMILES string of the molecule is CC1(C)CC1C(=O)Nc1ccccc1Oc1ccccc1. The molecule has 0 bridgehead atoms. The number of rotatable bonds is 4. The summed E-state index contributed by atoms with van der Waals surface area (Å²) in [6, 6.07) is 17.1. The standard InChI is InChI=1S/C18H19NO2/c1-18(2)12-14(18)17(20)19-15-10-6-7-11-16(15)21-13-8-4-3-5-9-13/h3-11,14H,12H2,1-2H3,(H,19,20). The van der Waals surface area contributed by atoms with Crippen molar-refractivity contribution in [1.29, 1.82) is 0 Å². The van der Waals surface area contributed by atoms with Gasteiger partial charge in [0.1, 0.15) is 5.75 Å². The zero-order valence-corrected chi connectivity index (χ0v) is 12.3. The highest BCUT2D eigenvalue weighted by Crippen LogP contribution is 2.52. The number of anilines is 1. The van der Waals surface area contributed by atoms with E-state index in [1.165, 1.54) is 0 Å². The van der Waals surface area contributed by atoms with Gasteiger partial charge in [-0.1, -0.05) is 44.2 Å². The van der Waals surface area contributed by atoms with Gasteiger partial charge >= 0.3 is 0 Å². The van der Waals surface area contributed by atoms with Crippen molar-refractivity contribution in [1.82, 2.24) is 0 Å². The Morgan fingerprint density at radius 3 is 2.38 bits per heavy atom. The number of benzene rings is 2. The zero-order chi connectivity index (χ0) is 14.9. The van der Waals surface area contributed by atoms with Crippen LogP contribution in [0.1, 0.15) is 20.3 Å². The minimum atomic E-state index is 0.0733. The summed E-state index contributed by atoms with van der Waals surface area (Å²) >= 11 is 0. The first-order valence-corrected chi connectivity index (χ1v) is 7.19. The Kier molecular flexibility index (Phi) is 3.42. The molecule has 3 nitrogen and oxygen atoms in total. The lowest BCUT2D eigenvalue weighted by Gasteiger charge is -2.12. The van der Waals surface area contributed by atoms with Crippen LogP contribution in [0.25, 0.3) is 0 Å². The maximum Gasteiger partial charge on any atom is 0.228 e. The van der Waals surface area contributed by atoms with Gasteiger partial charge in [-0.2, -0.15) is 0 Å². The third-order valence-electron chi connectivity index (χ3n) is 3.95. The molecule has 21 heavy (non-hydrogen) atoms. The molecular formula is C18H19NO2. The number of carbonyl (C=O) groups excluding carboxylic acids is 1. The molecular weight excluding hydrogens is 262 g/mol. The number of hydrogen-bond acceptors (Lipinski definition) is 2. The molecule has 1 amide bonds. The first-order chi connectivity index (χ1) is 10.1. The molecule has 1 aliphatic carbocycles. The first-order valence-electron chi connectivity index (χ1n) is 7.19. The second-order valence-corrected chi connectivity index (χ2v) is 6.15. The Balaban J connectivity index is 1.75. The summed E-state index contributed by atoms with van der Waals surface area (Å²) in [4.78, 5) is 12.2. The zero-order valence-electron chi connectivity index (χ0n) is 12.3. The average molecular weight is 281 g/mol. The predicted octanol–water partition coefficient (Wildman–Crippen LogP) is 4.46. The van der Waals surface area contributed by atoms with Crippen molar-refractivity contribution < 1.29 is 9.53 Å². The molecule has 3 heteroatoms. The highest BCUT2D eigenvalue weighted by molar-refractivity contribution is 5.96.